The van der Waals surface area contributed by atoms with Crippen molar-refractivity contribution in [3.8, 4) is 0 Å². The van der Waals surface area contributed by atoms with E-state index >= 15 is 0 Å². The average Bonchev–Trinajstić information content (AvgIpc) is 1.04. The Morgan fingerprint density at radius 3 is 0.857 bits per heavy atom. The highest BCUT2D eigenvalue weighted by atomic mass is 31.1. The van der Waals surface area contributed by atoms with Crippen LogP contribution < -0.4 is 19.6 Å². The van der Waals surface area contributed by atoms with Gasteiger partial charge in [0, 0.05) is 93.0 Å². The van der Waals surface area contributed by atoms with E-state index in [-0.39, 0.29) is 33.9 Å². The Kier molecular flexibility index (Phi) is 13.3. The first-order valence-electron chi connectivity index (χ1n) is 41.9. The van der Waals surface area contributed by atoms with E-state index in [2.05, 4.69) is 196 Å². The van der Waals surface area contributed by atoms with Gasteiger partial charge in [0.1, 0.15) is 0 Å². The van der Waals surface area contributed by atoms with Gasteiger partial charge in [-0.15, -0.1) is 0 Å². The standard InChI is InChI=1S/C90H118N4O2P2/c1-87(2)61-41-25-21-37-53(61)57-45-65-81-73(69(57)87)93(51-33-17-11-18-34-51)75-71-59(55-39-23-27-43-63(55)89(71,5)6)47-67-83(75)97(81)85-77(91(65)49-29-13-9-14-30-49)80-86-78(79(85)95-67)92(50-31-15-10-16-32-50)66-46-58-54-38-22-26-42-62(54)88(3,4)70(58)74-82(66)98(86)84-68(96-80)48-60-56-40-24-28-44-64(56)90(7,8)72(60)76(84)94(74)52-35-19-12-20-36-52/h9-20,29-36,53-86H,21-28,37-48H2,1-8H3. The summed E-state index contributed by atoms with van der Waals surface area (Å²) >= 11 is 0. The molecule has 0 aromatic heterocycles. The number of rotatable bonds is 4. The van der Waals surface area contributed by atoms with Crippen LogP contribution >= 0.6 is 15.8 Å². The van der Waals surface area contributed by atoms with Crippen LogP contribution in [0, 0.1) is 116 Å². The first-order chi connectivity index (χ1) is 47.7. The maximum Gasteiger partial charge on any atom is 0.0877 e. The monoisotopic (exact) mass is 1350 g/mol. The molecule has 19 aliphatic rings. The predicted molar refractivity (Wildman–Crippen MR) is 403 cm³/mol. The van der Waals surface area contributed by atoms with Gasteiger partial charge in [0.25, 0.3) is 0 Å². The van der Waals surface area contributed by atoms with Crippen LogP contribution in [-0.4, -0.2) is 107 Å². The molecule has 6 aliphatic heterocycles. The summed E-state index contributed by atoms with van der Waals surface area (Å²) in [5.74, 6) is 12.1. The predicted octanol–water partition coefficient (Wildman–Crippen LogP) is 19.7. The normalized spacial score (nSPS) is 53.1. The second-order valence-corrected chi connectivity index (χ2v) is 45.7. The number of para-hydroxylation sites is 4. The molecule has 13 aliphatic carbocycles. The zero-order chi connectivity index (χ0) is 65.1. The number of hydrogen-bond acceptors (Lipinski definition) is 6. The van der Waals surface area contributed by atoms with Gasteiger partial charge in [0.15, 0.2) is 0 Å². The summed E-state index contributed by atoms with van der Waals surface area (Å²) in [7, 11) is -1.18. The highest BCUT2D eigenvalue weighted by molar-refractivity contribution is 7.61. The largest absolute Gasteiger partial charge is 0.371 e. The SMILES string of the molecule is CC1(C)C2CCCCC2C2CC3OC4C5C6C(OC7CC8C9CCCCC9C(C)(C)C8C8C7P6C6C(CC7C9CCCCC9C(C)(C)C7C6N8c6ccccc6)N5c5ccccc5)C5C4P4C3C(C21)N(c1ccccc1)C1C4C(CC2C3CCCCC3C(C)(C)C21)N5c1ccccc1. The summed E-state index contributed by atoms with van der Waals surface area (Å²) in [4.78, 5) is 13.6. The lowest BCUT2D eigenvalue weighted by molar-refractivity contribution is -0.148. The van der Waals surface area contributed by atoms with E-state index in [1.54, 1.807) is 11.4 Å². The summed E-state index contributed by atoms with van der Waals surface area (Å²) in [6.45, 7) is 23.1. The van der Waals surface area contributed by atoms with Gasteiger partial charge in [-0.3, -0.25) is 0 Å². The maximum atomic E-state index is 9.30. The smallest absolute Gasteiger partial charge is 0.0877 e. The highest BCUT2D eigenvalue weighted by Gasteiger charge is 2.83. The molecule has 98 heavy (non-hydrogen) atoms. The maximum absolute atomic E-state index is 9.30. The third-order valence-corrected chi connectivity index (χ3v) is 44.6. The van der Waals surface area contributed by atoms with Gasteiger partial charge < -0.3 is 29.1 Å². The van der Waals surface area contributed by atoms with Crippen LogP contribution in [0.5, 0.6) is 0 Å². The van der Waals surface area contributed by atoms with Crippen molar-refractivity contribution in [3.05, 3.63) is 121 Å². The minimum Gasteiger partial charge on any atom is -0.371 e. The summed E-state index contributed by atoms with van der Waals surface area (Å²) in [5, 5.41) is 0. The molecule has 0 radical (unpaired) electrons. The van der Waals surface area contributed by atoms with Gasteiger partial charge in [-0.1, -0.05) is 195 Å². The second kappa shape index (κ2) is 21.3. The van der Waals surface area contributed by atoms with Gasteiger partial charge in [0.05, 0.1) is 36.5 Å². The molecular formula is C90H118N4O2P2. The van der Waals surface area contributed by atoms with Crippen molar-refractivity contribution in [1.29, 1.82) is 0 Å². The molecule has 0 bridgehead atoms. The lowest BCUT2D eigenvalue weighted by Crippen LogP contribution is -2.88. The molecule has 36 unspecified atom stereocenters. The lowest BCUT2D eigenvalue weighted by Gasteiger charge is -2.80. The van der Waals surface area contributed by atoms with Crippen molar-refractivity contribution in [3.63, 3.8) is 0 Å². The molecule has 4 aromatic carbocycles. The van der Waals surface area contributed by atoms with E-state index in [0.717, 1.165) is 59.2 Å². The van der Waals surface area contributed by atoms with Crippen LogP contribution in [0.2, 0.25) is 0 Å². The number of benzene rings is 4. The average molecular weight is 1350 g/mol. The van der Waals surface area contributed by atoms with Crippen LogP contribution in [-0.2, 0) is 9.47 Å². The molecule has 19 fully saturated rings. The molecule has 4 aromatic rings. The van der Waals surface area contributed by atoms with Crippen molar-refractivity contribution in [2.45, 2.75) is 291 Å². The molecule has 6 nitrogen and oxygen atoms in total. The molecular weight excluding hydrogens is 1230 g/mol. The van der Waals surface area contributed by atoms with E-state index in [9.17, 15) is 9.47 Å². The Hall–Kier alpha value is -3.14. The number of anilines is 4. The van der Waals surface area contributed by atoms with E-state index < -0.39 is 15.8 Å². The van der Waals surface area contributed by atoms with Crippen molar-refractivity contribution in [2.24, 2.45) is 116 Å². The Balaban J connectivity index is 0.802. The number of fused-ring (bicyclic) bond motifs is 18. The van der Waals surface area contributed by atoms with E-state index in [1.165, 1.54) is 140 Å². The fraction of sp³-hybridized carbons (Fsp3) is 0.733. The van der Waals surface area contributed by atoms with Crippen LogP contribution in [0.3, 0.4) is 0 Å². The Morgan fingerprint density at radius 1 is 0.286 bits per heavy atom. The summed E-state index contributed by atoms with van der Waals surface area (Å²) in [6.07, 6.45) is 29.3. The lowest BCUT2D eigenvalue weighted by atomic mass is 9.60. The second-order valence-electron chi connectivity index (χ2n) is 40.4. The van der Waals surface area contributed by atoms with Gasteiger partial charge in [0.2, 0.25) is 0 Å². The zero-order valence-corrected chi connectivity index (χ0v) is 62.6. The van der Waals surface area contributed by atoms with Crippen LogP contribution in [0.15, 0.2) is 121 Å². The fourth-order valence-corrected chi connectivity index (χ4v) is 45.0. The topological polar surface area (TPSA) is 31.4 Å². The van der Waals surface area contributed by atoms with Crippen molar-refractivity contribution < 1.29 is 9.47 Å². The highest BCUT2D eigenvalue weighted by Crippen LogP contribution is 2.85. The van der Waals surface area contributed by atoms with E-state index in [4.69, 9.17) is 0 Å². The van der Waals surface area contributed by atoms with E-state index in [0.29, 0.717) is 130 Å². The Bertz CT molecular complexity index is 3490. The van der Waals surface area contributed by atoms with Crippen molar-refractivity contribution >= 4 is 38.6 Å². The number of hydrogen-bond donors (Lipinski definition) is 0. The van der Waals surface area contributed by atoms with E-state index in [1.807, 2.05) is 0 Å². The van der Waals surface area contributed by atoms with Crippen LogP contribution in [0.4, 0.5) is 22.7 Å². The summed E-state index contributed by atoms with van der Waals surface area (Å²) < 4.78 is 18.6. The van der Waals surface area contributed by atoms with Crippen LogP contribution in [0.25, 0.3) is 0 Å². The third kappa shape index (κ3) is 7.61. The molecule has 23 rings (SSSR count). The first-order valence-corrected chi connectivity index (χ1v) is 45.0. The molecule has 36 atom stereocenters. The Morgan fingerprint density at radius 2 is 0.551 bits per heavy atom. The van der Waals surface area contributed by atoms with Crippen LogP contribution in [0.1, 0.15) is 184 Å². The molecule has 6 saturated heterocycles. The summed E-state index contributed by atoms with van der Waals surface area (Å²) in [6, 6.07) is 54.1. The first kappa shape index (κ1) is 61.2. The quantitative estimate of drug-likeness (QED) is 0.189. The van der Waals surface area contributed by atoms with Crippen molar-refractivity contribution in [1.82, 2.24) is 0 Å². The minimum atomic E-state index is -0.591. The molecule has 13 saturated carbocycles. The third-order valence-electron chi connectivity index (χ3n) is 36.7. The molecule has 0 N–H and O–H groups in total. The van der Waals surface area contributed by atoms with Gasteiger partial charge in [-0.2, -0.15) is 0 Å². The minimum absolute atomic E-state index is 0.172. The molecule has 0 amide bonds. The Labute approximate surface area is 592 Å². The van der Waals surface area contributed by atoms with Gasteiger partial charge in [-0.05, 0) is 242 Å². The zero-order valence-electron chi connectivity index (χ0n) is 60.8. The molecule has 520 valence electrons. The van der Waals surface area contributed by atoms with Gasteiger partial charge in [-0.25, -0.2) is 0 Å². The number of nitrogens with zero attached hydrogens (tertiary/aromatic N) is 4. The molecule has 8 heteroatoms. The molecule has 0 spiro atoms. The number of ether oxygens (including phenoxy) is 2. The molecule has 6 heterocycles. The van der Waals surface area contributed by atoms with Crippen molar-refractivity contribution in [2.75, 3.05) is 19.6 Å². The summed E-state index contributed by atoms with van der Waals surface area (Å²) in [5.41, 5.74) is 10.5. The van der Waals surface area contributed by atoms with Gasteiger partial charge >= 0.3 is 0 Å². The fourth-order valence-electron chi connectivity index (χ4n) is 34.9.